The van der Waals surface area contributed by atoms with E-state index in [1.165, 1.54) is 0 Å². The lowest BCUT2D eigenvalue weighted by Crippen LogP contribution is -2.44. The van der Waals surface area contributed by atoms with Crippen LogP contribution in [0.1, 0.15) is 40.0 Å². The first kappa shape index (κ1) is 19.9. The Balaban J connectivity index is 4.50. The van der Waals surface area contributed by atoms with Gasteiger partial charge in [0.05, 0.1) is 33.7 Å². The molecular formula is C15H30NO5+. The first-order chi connectivity index (χ1) is 9.53. The predicted octanol–water partition coefficient (Wildman–Crippen LogP) is 1.11. The Kier molecular flexibility index (Phi) is 8.51. The number of aliphatic hydroxyl groups is 1. The molecule has 0 aliphatic heterocycles. The molecule has 0 aromatic heterocycles. The third-order valence-corrected chi connectivity index (χ3v) is 2.74. The Morgan fingerprint density at radius 2 is 1.67 bits per heavy atom. The maximum absolute atomic E-state index is 11.9. The summed E-state index contributed by atoms with van der Waals surface area (Å²) >= 11 is 0. The Hall–Kier alpha value is -1.14. The van der Waals surface area contributed by atoms with Gasteiger partial charge in [0, 0.05) is 12.8 Å². The standard InChI is InChI=1S/C15H30NO5/c1-7-14(18)21-13(10-16(4,5)6)9-15(19)20-12(3)8-11(2)17/h11-13,17H,7-10H2,1-6H3/q+1. The highest BCUT2D eigenvalue weighted by Gasteiger charge is 2.26. The molecule has 3 unspecified atom stereocenters. The molecule has 0 saturated carbocycles. The lowest BCUT2D eigenvalue weighted by atomic mass is 10.2. The van der Waals surface area contributed by atoms with Gasteiger partial charge in [0.25, 0.3) is 0 Å². The summed E-state index contributed by atoms with van der Waals surface area (Å²) < 4.78 is 11.1. The van der Waals surface area contributed by atoms with Gasteiger partial charge in [-0.1, -0.05) is 6.92 Å². The van der Waals surface area contributed by atoms with Crippen LogP contribution in [-0.4, -0.2) is 67.5 Å². The van der Waals surface area contributed by atoms with Crippen LogP contribution in [0.3, 0.4) is 0 Å². The third-order valence-electron chi connectivity index (χ3n) is 2.74. The van der Waals surface area contributed by atoms with Crippen molar-refractivity contribution in [2.24, 2.45) is 0 Å². The average molecular weight is 304 g/mol. The van der Waals surface area contributed by atoms with E-state index in [0.29, 0.717) is 17.4 Å². The molecule has 0 heterocycles. The smallest absolute Gasteiger partial charge is 0.310 e. The number of ether oxygens (including phenoxy) is 2. The summed E-state index contributed by atoms with van der Waals surface area (Å²) in [5, 5.41) is 9.26. The highest BCUT2D eigenvalue weighted by atomic mass is 16.6. The van der Waals surface area contributed by atoms with Crippen LogP contribution >= 0.6 is 0 Å². The van der Waals surface area contributed by atoms with Gasteiger partial charge in [0.15, 0.2) is 6.10 Å². The number of nitrogens with zero attached hydrogens (tertiary/aromatic N) is 1. The van der Waals surface area contributed by atoms with E-state index in [0.717, 1.165) is 0 Å². The second-order valence-electron chi connectivity index (χ2n) is 6.53. The summed E-state index contributed by atoms with van der Waals surface area (Å²) in [6.45, 7) is 5.63. The van der Waals surface area contributed by atoms with Crippen LogP contribution in [0.15, 0.2) is 0 Å². The van der Waals surface area contributed by atoms with Gasteiger partial charge in [-0.3, -0.25) is 9.59 Å². The molecule has 0 bridgehead atoms. The van der Waals surface area contributed by atoms with Gasteiger partial charge < -0.3 is 19.1 Å². The molecule has 0 aliphatic carbocycles. The van der Waals surface area contributed by atoms with Gasteiger partial charge in [-0.15, -0.1) is 0 Å². The Morgan fingerprint density at radius 1 is 1.10 bits per heavy atom. The van der Waals surface area contributed by atoms with Crippen molar-refractivity contribution in [2.45, 2.75) is 58.3 Å². The van der Waals surface area contributed by atoms with Gasteiger partial charge in [0.2, 0.25) is 0 Å². The molecule has 0 radical (unpaired) electrons. The minimum absolute atomic E-state index is 0.0331. The minimum Gasteiger partial charge on any atom is -0.462 e. The number of rotatable bonds is 9. The van der Waals surface area contributed by atoms with Crippen molar-refractivity contribution in [2.75, 3.05) is 27.7 Å². The summed E-state index contributed by atoms with van der Waals surface area (Å²) in [5.74, 6) is -0.733. The van der Waals surface area contributed by atoms with Crippen LogP contribution in [-0.2, 0) is 19.1 Å². The SMILES string of the molecule is CCC(=O)OC(CC(=O)OC(C)CC(C)O)C[N+](C)(C)C. The lowest BCUT2D eigenvalue weighted by molar-refractivity contribution is -0.873. The third kappa shape index (κ3) is 11.2. The van der Waals surface area contributed by atoms with Crippen molar-refractivity contribution >= 4 is 11.9 Å². The molecule has 0 aromatic carbocycles. The molecule has 0 fully saturated rings. The van der Waals surface area contributed by atoms with Gasteiger partial charge in [-0.2, -0.15) is 0 Å². The number of esters is 2. The molecule has 6 nitrogen and oxygen atoms in total. The summed E-state index contributed by atoms with van der Waals surface area (Å²) in [7, 11) is 5.90. The minimum atomic E-state index is -0.521. The second kappa shape index (κ2) is 9.00. The van der Waals surface area contributed by atoms with Crippen LogP contribution in [0.25, 0.3) is 0 Å². The predicted molar refractivity (Wildman–Crippen MR) is 79.5 cm³/mol. The molecular weight excluding hydrogens is 274 g/mol. The van der Waals surface area contributed by atoms with Crippen LogP contribution < -0.4 is 0 Å². The highest BCUT2D eigenvalue weighted by molar-refractivity contribution is 5.72. The summed E-state index contributed by atoms with van der Waals surface area (Å²) in [6.07, 6.45) is -0.673. The van der Waals surface area contributed by atoms with E-state index in [1.807, 2.05) is 21.1 Å². The number of hydrogen-bond acceptors (Lipinski definition) is 5. The van der Waals surface area contributed by atoms with E-state index >= 15 is 0 Å². The zero-order chi connectivity index (χ0) is 16.6. The fraction of sp³-hybridized carbons (Fsp3) is 0.867. The zero-order valence-corrected chi connectivity index (χ0v) is 14.1. The highest BCUT2D eigenvalue weighted by Crippen LogP contribution is 2.10. The van der Waals surface area contributed by atoms with Gasteiger partial charge >= 0.3 is 11.9 Å². The van der Waals surface area contributed by atoms with Crippen LogP contribution in [0.5, 0.6) is 0 Å². The maximum Gasteiger partial charge on any atom is 0.310 e. The lowest BCUT2D eigenvalue weighted by Gasteiger charge is -2.28. The van der Waals surface area contributed by atoms with Gasteiger partial charge in [-0.25, -0.2) is 0 Å². The summed E-state index contributed by atoms with van der Waals surface area (Å²) in [4.78, 5) is 23.3. The molecule has 1 N–H and O–H groups in total. The number of quaternary nitrogens is 1. The number of likely N-dealkylation sites (N-methyl/N-ethyl adjacent to an activating group) is 1. The molecule has 0 aromatic rings. The monoisotopic (exact) mass is 304 g/mol. The number of aliphatic hydroxyl groups excluding tert-OH is 1. The number of hydrogen-bond donors (Lipinski definition) is 1. The molecule has 6 heteroatoms. The Labute approximate surface area is 127 Å². The van der Waals surface area contributed by atoms with Crippen molar-refractivity contribution in [3.05, 3.63) is 0 Å². The van der Waals surface area contributed by atoms with E-state index in [-0.39, 0.29) is 24.9 Å². The fourth-order valence-electron chi connectivity index (χ4n) is 2.01. The van der Waals surface area contributed by atoms with Gasteiger partial charge in [0.1, 0.15) is 12.6 Å². The first-order valence-electron chi connectivity index (χ1n) is 7.41. The molecule has 124 valence electrons. The van der Waals surface area contributed by atoms with Crippen molar-refractivity contribution < 1.29 is 28.7 Å². The average Bonchev–Trinajstić information content (AvgIpc) is 2.24. The summed E-state index contributed by atoms with van der Waals surface area (Å²) in [6, 6.07) is 0. The van der Waals surface area contributed by atoms with E-state index in [4.69, 9.17) is 9.47 Å². The molecule has 0 saturated heterocycles. The molecule has 0 rings (SSSR count). The van der Waals surface area contributed by atoms with E-state index < -0.39 is 18.2 Å². The molecule has 3 atom stereocenters. The van der Waals surface area contributed by atoms with Crippen molar-refractivity contribution in [3.8, 4) is 0 Å². The Morgan fingerprint density at radius 3 is 2.10 bits per heavy atom. The largest absolute Gasteiger partial charge is 0.462 e. The number of carbonyl (C=O) groups excluding carboxylic acids is 2. The van der Waals surface area contributed by atoms with E-state index in [9.17, 15) is 14.7 Å². The fourth-order valence-corrected chi connectivity index (χ4v) is 2.01. The van der Waals surface area contributed by atoms with Gasteiger partial charge in [-0.05, 0) is 13.8 Å². The van der Waals surface area contributed by atoms with E-state index in [2.05, 4.69) is 0 Å². The molecule has 0 aliphatic rings. The number of carbonyl (C=O) groups is 2. The molecule has 0 spiro atoms. The summed E-state index contributed by atoms with van der Waals surface area (Å²) in [5.41, 5.74) is 0. The zero-order valence-electron chi connectivity index (χ0n) is 14.1. The molecule has 0 amide bonds. The topological polar surface area (TPSA) is 72.8 Å². The van der Waals surface area contributed by atoms with Crippen LogP contribution in [0, 0.1) is 0 Å². The quantitative estimate of drug-likeness (QED) is 0.510. The second-order valence-corrected chi connectivity index (χ2v) is 6.53. The van der Waals surface area contributed by atoms with Crippen LogP contribution in [0.4, 0.5) is 0 Å². The van der Waals surface area contributed by atoms with Crippen molar-refractivity contribution in [3.63, 3.8) is 0 Å². The van der Waals surface area contributed by atoms with E-state index in [1.54, 1.807) is 20.8 Å². The Bertz CT molecular complexity index is 335. The first-order valence-corrected chi connectivity index (χ1v) is 7.41. The maximum atomic E-state index is 11.9. The molecule has 21 heavy (non-hydrogen) atoms. The van der Waals surface area contributed by atoms with Crippen molar-refractivity contribution in [1.29, 1.82) is 0 Å². The van der Waals surface area contributed by atoms with Crippen LogP contribution in [0.2, 0.25) is 0 Å². The van der Waals surface area contributed by atoms with Crippen molar-refractivity contribution in [1.82, 2.24) is 0 Å². The normalized spacial score (nSPS) is 16.0.